The second-order valence-corrected chi connectivity index (χ2v) is 5.63. The standard InChI is InChI=1S/C16H21N3OS/c1-3-19(2)15(13-7-5-4-6-8-13)16(20)17-10-9-14-11-21-12-18-14/h4-8,11-12,15H,3,9-10H2,1-2H3,(H,17,20)/t15-/m0/s1. The first-order chi connectivity index (χ1) is 10.2. The first-order valence-corrected chi connectivity index (χ1v) is 8.06. The van der Waals surface area contributed by atoms with Crippen molar-refractivity contribution in [1.29, 1.82) is 0 Å². The molecule has 0 aliphatic rings. The van der Waals surface area contributed by atoms with Gasteiger partial charge in [-0.1, -0.05) is 37.3 Å². The molecule has 0 aliphatic heterocycles. The monoisotopic (exact) mass is 303 g/mol. The quantitative estimate of drug-likeness (QED) is 0.855. The summed E-state index contributed by atoms with van der Waals surface area (Å²) in [6, 6.07) is 9.65. The number of carbonyl (C=O) groups excluding carboxylic acids is 1. The van der Waals surface area contributed by atoms with Crippen molar-refractivity contribution < 1.29 is 4.79 Å². The van der Waals surface area contributed by atoms with Crippen molar-refractivity contribution in [2.45, 2.75) is 19.4 Å². The molecular formula is C16H21N3OS. The van der Waals surface area contributed by atoms with E-state index in [2.05, 4.69) is 17.2 Å². The van der Waals surface area contributed by atoms with Gasteiger partial charge in [0, 0.05) is 18.3 Å². The summed E-state index contributed by atoms with van der Waals surface area (Å²) in [5, 5.41) is 5.03. The normalized spacial score (nSPS) is 12.3. The highest BCUT2D eigenvalue weighted by molar-refractivity contribution is 7.07. The van der Waals surface area contributed by atoms with Gasteiger partial charge in [0.1, 0.15) is 6.04 Å². The van der Waals surface area contributed by atoms with Crippen molar-refractivity contribution in [2.24, 2.45) is 0 Å². The lowest BCUT2D eigenvalue weighted by molar-refractivity contribution is -0.126. The van der Waals surface area contributed by atoms with Gasteiger partial charge in [0.2, 0.25) is 5.91 Å². The van der Waals surface area contributed by atoms with E-state index in [9.17, 15) is 4.79 Å². The van der Waals surface area contributed by atoms with Crippen LogP contribution in [0, 0.1) is 0 Å². The van der Waals surface area contributed by atoms with Crippen LogP contribution in [-0.2, 0) is 11.2 Å². The number of likely N-dealkylation sites (N-methyl/N-ethyl adjacent to an activating group) is 1. The van der Waals surface area contributed by atoms with Crippen molar-refractivity contribution in [3.05, 3.63) is 52.5 Å². The fraction of sp³-hybridized carbons (Fsp3) is 0.375. The number of nitrogens with one attached hydrogen (secondary N) is 1. The van der Waals surface area contributed by atoms with Gasteiger partial charge in [0.25, 0.3) is 0 Å². The van der Waals surface area contributed by atoms with E-state index >= 15 is 0 Å². The summed E-state index contributed by atoms with van der Waals surface area (Å²) in [4.78, 5) is 18.8. The van der Waals surface area contributed by atoms with Crippen LogP contribution in [0.4, 0.5) is 0 Å². The predicted molar refractivity (Wildman–Crippen MR) is 86.3 cm³/mol. The Kier molecular flexibility index (Phi) is 5.90. The van der Waals surface area contributed by atoms with E-state index in [0.29, 0.717) is 6.54 Å². The highest BCUT2D eigenvalue weighted by Gasteiger charge is 2.23. The molecule has 21 heavy (non-hydrogen) atoms. The molecule has 0 saturated carbocycles. The molecule has 4 nitrogen and oxygen atoms in total. The number of rotatable bonds is 7. The molecule has 0 aliphatic carbocycles. The number of benzene rings is 1. The summed E-state index contributed by atoms with van der Waals surface area (Å²) in [5.41, 5.74) is 3.86. The SMILES string of the molecule is CCN(C)[C@H](C(=O)NCCc1cscn1)c1ccccc1. The Balaban J connectivity index is 1.98. The van der Waals surface area contributed by atoms with Crippen LogP contribution in [0.2, 0.25) is 0 Å². The number of hydrogen-bond donors (Lipinski definition) is 1. The average Bonchev–Trinajstić information content (AvgIpc) is 3.01. The lowest BCUT2D eigenvalue weighted by Gasteiger charge is -2.26. The number of hydrogen-bond acceptors (Lipinski definition) is 4. The fourth-order valence-electron chi connectivity index (χ4n) is 2.20. The molecule has 1 aromatic carbocycles. The molecule has 0 radical (unpaired) electrons. The van der Waals surface area contributed by atoms with E-state index in [-0.39, 0.29) is 11.9 Å². The van der Waals surface area contributed by atoms with E-state index in [1.165, 1.54) is 0 Å². The van der Waals surface area contributed by atoms with Crippen LogP contribution in [-0.4, -0.2) is 35.9 Å². The Hall–Kier alpha value is -1.72. The molecule has 0 bridgehead atoms. The maximum atomic E-state index is 12.5. The van der Waals surface area contributed by atoms with Gasteiger partial charge < -0.3 is 5.32 Å². The zero-order valence-corrected chi connectivity index (χ0v) is 13.3. The third kappa shape index (κ3) is 4.37. The first kappa shape index (κ1) is 15.7. The lowest BCUT2D eigenvalue weighted by atomic mass is 10.0. The van der Waals surface area contributed by atoms with Crippen molar-refractivity contribution in [2.75, 3.05) is 20.1 Å². The molecule has 1 heterocycles. The zero-order chi connectivity index (χ0) is 15.1. The van der Waals surface area contributed by atoms with Crippen LogP contribution < -0.4 is 5.32 Å². The Bertz CT molecular complexity index is 542. The Morgan fingerprint density at radius 3 is 2.76 bits per heavy atom. The molecule has 1 N–H and O–H groups in total. The van der Waals surface area contributed by atoms with Gasteiger partial charge in [0.15, 0.2) is 0 Å². The molecule has 1 amide bonds. The smallest absolute Gasteiger partial charge is 0.241 e. The van der Waals surface area contributed by atoms with Crippen LogP contribution in [0.1, 0.15) is 24.2 Å². The fourth-order valence-corrected chi connectivity index (χ4v) is 2.79. The molecule has 2 rings (SSSR count). The van der Waals surface area contributed by atoms with E-state index in [4.69, 9.17) is 0 Å². The van der Waals surface area contributed by atoms with Gasteiger partial charge >= 0.3 is 0 Å². The van der Waals surface area contributed by atoms with Crippen molar-refractivity contribution in [3.63, 3.8) is 0 Å². The topological polar surface area (TPSA) is 45.2 Å². The van der Waals surface area contributed by atoms with Gasteiger partial charge in [-0.15, -0.1) is 11.3 Å². The molecule has 0 spiro atoms. The van der Waals surface area contributed by atoms with Crippen molar-refractivity contribution in [3.8, 4) is 0 Å². The van der Waals surface area contributed by atoms with E-state index in [1.54, 1.807) is 11.3 Å². The molecule has 0 saturated heterocycles. The molecule has 2 aromatic rings. The number of amides is 1. The predicted octanol–water partition coefficient (Wildman–Crippen LogP) is 2.49. The summed E-state index contributed by atoms with van der Waals surface area (Å²) in [6.45, 7) is 3.49. The molecule has 0 unspecified atom stereocenters. The highest BCUT2D eigenvalue weighted by Crippen LogP contribution is 2.19. The highest BCUT2D eigenvalue weighted by atomic mass is 32.1. The number of aromatic nitrogens is 1. The Morgan fingerprint density at radius 2 is 2.14 bits per heavy atom. The zero-order valence-electron chi connectivity index (χ0n) is 12.5. The first-order valence-electron chi connectivity index (χ1n) is 7.12. The molecule has 1 aromatic heterocycles. The van der Waals surface area contributed by atoms with Gasteiger partial charge in [-0.05, 0) is 19.2 Å². The van der Waals surface area contributed by atoms with Crippen LogP contribution in [0.5, 0.6) is 0 Å². The molecule has 112 valence electrons. The molecule has 5 heteroatoms. The maximum absolute atomic E-state index is 12.5. The lowest BCUT2D eigenvalue weighted by Crippen LogP contribution is -2.39. The maximum Gasteiger partial charge on any atom is 0.241 e. The Labute approximate surface area is 129 Å². The van der Waals surface area contributed by atoms with E-state index in [0.717, 1.165) is 24.2 Å². The van der Waals surface area contributed by atoms with Gasteiger partial charge in [-0.25, -0.2) is 4.98 Å². The van der Waals surface area contributed by atoms with E-state index < -0.39 is 0 Å². The van der Waals surface area contributed by atoms with Crippen LogP contribution in [0.25, 0.3) is 0 Å². The molecule has 1 atom stereocenters. The molecule has 0 fully saturated rings. The van der Waals surface area contributed by atoms with Crippen molar-refractivity contribution in [1.82, 2.24) is 15.2 Å². The number of thiazole rings is 1. The third-order valence-corrected chi connectivity index (χ3v) is 4.10. The molecular weight excluding hydrogens is 282 g/mol. The summed E-state index contributed by atoms with van der Waals surface area (Å²) in [6.07, 6.45) is 0.770. The van der Waals surface area contributed by atoms with E-state index in [1.807, 2.05) is 53.2 Å². The van der Waals surface area contributed by atoms with Crippen LogP contribution in [0.15, 0.2) is 41.2 Å². The van der Waals surface area contributed by atoms with Gasteiger partial charge in [-0.2, -0.15) is 0 Å². The largest absolute Gasteiger partial charge is 0.354 e. The minimum Gasteiger partial charge on any atom is -0.354 e. The summed E-state index contributed by atoms with van der Waals surface area (Å²) in [7, 11) is 1.97. The van der Waals surface area contributed by atoms with Crippen molar-refractivity contribution >= 4 is 17.2 Å². The van der Waals surface area contributed by atoms with Crippen LogP contribution in [0.3, 0.4) is 0 Å². The number of nitrogens with zero attached hydrogens (tertiary/aromatic N) is 2. The van der Waals surface area contributed by atoms with Gasteiger partial charge in [0.05, 0.1) is 11.2 Å². The van der Waals surface area contributed by atoms with Crippen LogP contribution >= 0.6 is 11.3 Å². The summed E-state index contributed by atoms with van der Waals surface area (Å²) >= 11 is 1.58. The Morgan fingerprint density at radius 1 is 1.38 bits per heavy atom. The third-order valence-electron chi connectivity index (χ3n) is 3.47. The number of carbonyl (C=O) groups is 1. The summed E-state index contributed by atoms with van der Waals surface area (Å²) < 4.78 is 0. The van der Waals surface area contributed by atoms with Gasteiger partial charge in [-0.3, -0.25) is 9.69 Å². The summed E-state index contributed by atoms with van der Waals surface area (Å²) in [5.74, 6) is 0.0424. The average molecular weight is 303 g/mol. The minimum atomic E-state index is -0.244. The second-order valence-electron chi connectivity index (χ2n) is 4.91. The second kappa shape index (κ2) is 7.90. The minimum absolute atomic E-state index is 0.0424.